The molecular formula is C20H21FN6O. The maximum atomic E-state index is 13.8. The number of nitrogens with one attached hydrogen (secondary N) is 1. The van der Waals surface area contributed by atoms with Crippen LogP contribution >= 0.6 is 0 Å². The number of hydrogen-bond donors (Lipinski definition) is 1. The Hall–Kier alpha value is -3.03. The maximum absolute atomic E-state index is 13.8. The third kappa shape index (κ3) is 2.80. The fraction of sp³-hybridized carbons (Fsp3) is 0.400. The first-order valence-electron chi connectivity index (χ1n) is 9.62. The highest BCUT2D eigenvalue weighted by Gasteiger charge is 2.41. The van der Waals surface area contributed by atoms with Gasteiger partial charge in [0.05, 0.1) is 22.9 Å². The molecule has 8 heteroatoms. The van der Waals surface area contributed by atoms with Crippen molar-refractivity contribution in [2.24, 2.45) is 11.8 Å². The zero-order valence-corrected chi connectivity index (χ0v) is 15.6. The van der Waals surface area contributed by atoms with Crippen LogP contribution in [0.4, 0.5) is 16.2 Å². The Morgan fingerprint density at radius 2 is 1.75 bits per heavy atom. The monoisotopic (exact) mass is 380 g/mol. The maximum Gasteiger partial charge on any atom is 0.288 e. The number of para-hydroxylation sites is 2. The molecule has 2 saturated heterocycles. The molecule has 0 saturated carbocycles. The van der Waals surface area contributed by atoms with Gasteiger partial charge in [0.15, 0.2) is 0 Å². The summed E-state index contributed by atoms with van der Waals surface area (Å²) >= 11 is 0. The summed E-state index contributed by atoms with van der Waals surface area (Å²) in [6, 6.07) is 7.87. The third-order valence-corrected chi connectivity index (χ3v) is 5.80. The van der Waals surface area contributed by atoms with Gasteiger partial charge in [-0.15, -0.1) is 0 Å². The molecule has 1 N–H and O–H groups in total. The first-order valence-corrected chi connectivity index (χ1v) is 9.62. The lowest BCUT2D eigenvalue weighted by molar-refractivity contribution is 0.533. The van der Waals surface area contributed by atoms with E-state index in [4.69, 9.17) is 4.98 Å². The van der Waals surface area contributed by atoms with Crippen LogP contribution in [0.2, 0.25) is 0 Å². The van der Waals surface area contributed by atoms with Gasteiger partial charge in [-0.05, 0) is 18.6 Å². The number of aromatic nitrogens is 4. The Bertz CT molecular complexity index is 1090. The van der Waals surface area contributed by atoms with Crippen molar-refractivity contribution in [3.8, 4) is 0 Å². The Kier molecular flexibility index (Phi) is 3.99. The van der Waals surface area contributed by atoms with Crippen LogP contribution in [0.25, 0.3) is 11.0 Å². The number of aromatic amines is 1. The second-order valence-corrected chi connectivity index (χ2v) is 7.55. The van der Waals surface area contributed by atoms with Crippen molar-refractivity contribution in [1.82, 2.24) is 19.9 Å². The molecule has 2 aliphatic heterocycles. The molecule has 2 aromatic heterocycles. The molecule has 1 aromatic carbocycles. The summed E-state index contributed by atoms with van der Waals surface area (Å²) in [7, 11) is 0. The van der Waals surface area contributed by atoms with Gasteiger partial charge in [-0.3, -0.25) is 14.8 Å². The lowest BCUT2D eigenvalue weighted by atomic mass is 10.0. The number of H-pyrrole nitrogens is 1. The van der Waals surface area contributed by atoms with Gasteiger partial charge in [-0.25, -0.2) is 9.97 Å². The Balaban J connectivity index is 1.33. The Morgan fingerprint density at radius 1 is 1.07 bits per heavy atom. The van der Waals surface area contributed by atoms with E-state index in [0.29, 0.717) is 24.2 Å². The largest absolute Gasteiger partial charge is 0.355 e. The van der Waals surface area contributed by atoms with E-state index in [9.17, 15) is 9.18 Å². The van der Waals surface area contributed by atoms with E-state index in [1.165, 1.54) is 0 Å². The molecule has 2 unspecified atom stereocenters. The molecule has 2 fully saturated rings. The first-order chi connectivity index (χ1) is 13.6. The standard InChI is InChI=1S/C20H21FN6O/c1-2-14-18(21)19(28)25-20(24-14)27-10-12-8-26(9-13(12)11-27)17-7-22-15-5-3-4-6-16(15)23-17/h3-7,12-13H,2,8-11H2,1H3,(H,24,25,28). The number of nitrogens with zero attached hydrogens (tertiary/aromatic N) is 5. The van der Waals surface area contributed by atoms with Crippen LogP contribution in [-0.2, 0) is 6.42 Å². The lowest BCUT2D eigenvalue weighted by Gasteiger charge is -2.23. The van der Waals surface area contributed by atoms with Crippen molar-refractivity contribution in [2.75, 3.05) is 36.0 Å². The molecule has 0 amide bonds. The van der Waals surface area contributed by atoms with E-state index in [1.807, 2.05) is 30.5 Å². The van der Waals surface area contributed by atoms with Gasteiger partial charge in [-0.2, -0.15) is 4.39 Å². The average Bonchev–Trinajstić information content (AvgIpc) is 3.29. The van der Waals surface area contributed by atoms with Crippen LogP contribution in [0.1, 0.15) is 12.6 Å². The quantitative estimate of drug-likeness (QED) is 0.749. The highest BCUT2D eigenvalue weighted by molar-refractivity contribution is 5.75. The molecule has 28 heavy (non-hydrogen) atoms. The number of fused-ring (bicyclic) bond motifs is 2. The third-order valence-electron chi connectivity index (χ3n) is 5.80. The zero-order valence-electron chi connectivity index (χ0n) is 15.6. The van der Waals surface area contributed by atoms with Gasteiger partial charge >= 0.3 is 0 Å². The summed E-state index contributed by atoms with van der Waals surface area (Å²) in [6.07, 6.45) is 2.24. The summed E-state index contributed by atoms with van der Waals surface area (Å²) in [6.45, 7) is 5.16. The highest BCUT2D eigenvalue weighted by atomic mass is 19.1. The molecule has 2 aliphatic rings. The van der Waals surface area contributed by atoms with E-state index >= 15 is 0 Å². The second-order valence-electron chi connectivity index (χ2n) is 7.55. The Labute approximate surface area is 161 Å². The van der Waals surface area contributed by atoms with Crippen molar-refractivity contribution in [3.05, 3.63) is 52.3 Å². The summed E-state index contributed by atoms with van der Waals surface area (Å²) in [5.41, 5.74) is 1.34. The first kappa shape index (κ1) is 17.1. The van der Waals surface area contributed by atoms with E-state index < -0.39 is 11.4 Å². The number of hydrogen-bond acceptors (Lipinski definition) is 6. The van der Waals surface area contributed by atoms with Gasteiger partial charge in [0.2, 0.25) is 11.8 Å². The van der Waals surface area contributed by atoms with Crippen LogP contribution in [0.5, 0.6) is 0 Å². The van der Waals surface area contributed by atoms with Crippen LogP contribution in [-0.4, -0.2) is 46.1 Å². The molecule has 5 rings (SSSR count). The van der Waals surface area contributed by atoms with Crippen LogP contribution in [0, 0.1) is 17.7 Å². The number of aryl methyl sites for hydroxylation is 1. The summed E-state index contributed by atoms with van der Waals surface area (Å²) in [5, 5.41) is 0. The molecule has 4 heterocycles. The zero-order chi connectivity index (χ0) is 19.3. The molecule has 3 aromatic rings. The van der Waals surface area contributed by atoms with Gasteiger partial charge < -0.3 is 9.80 Å². The predicted octanol–water partition coefficient (Wildman–Crippen LogP) is 1.99. The van der Waals surface area contributed by atoms with Crippen molar-refractivity contribution < 1.29 is 4.39 Å². The van der Waals surface area contributed by atoms with Gasteiger partial charge in [-0.1, -0.05) is 19.1 Å². The van der Waals surface area contributed by atoms with E-state index in [-0.39, 0.29) is 5.69 Å². The van der Waals surface area contributed by atoms with Crippen molar-refractivity contribution in [2.45, 2.75) is 13.3 Å². The van der Waals surface area contributed by atoms with E-state index in [0.717, 1.165) is 43.0 Å². The minimum atomic E-state index is -0.772. The van der Waals surface area contributed by atoms with Gasteiger partial charge in [0.1, 0.15) is 5.82 Å². The van der Waals surface area contributed by atoms with Crippen molar-refractivity contribution in [3.63, 3.8) is 0 Å². The molecule has 0 radical (unpaired) electrons. The fourth-order valence-corrected chi connectivity index (χ4v) is 4.33. The summed E-state index contributed by atoms with van der Waals surface area (Å²) in [4.78, 5) is 32.4. The van der Waals surface area contributed by atoms with Gasteiger partial charge in [0.25, 0.3) is 5.56 Å². The highest BCUT2D eigenvalue weighted by Crippen LogP contribution is 2.34. The van der Waals surface area contributed by atoms with Crippen LogP contribution in [0.3, 0.4) is 0 Å². The van der Waals surface area contributed by atoms with E-state index in [2.05, 4.69) is 24.8 Å². The van der Waals surface area contributed by atoms with Crippen LogP contribution < -0.4 is 15.4 Å². The molecule has 7 nitrogen and oxygen atoms in total. The van der Waals surface area contributed by atoms with Crippen LogP contribution in [0.15, 0.2) is 35.3 Å². The number of halogens is 1. The molecule has 144 valence electrons. The number of benzene rings is 1. The minimum absolute atomic E-state index is 0.226. The fourth-order valence-electron chi connectivity index (χ4n) is 4.33. The van der Waals surface area contributed by atoms with E-state index in [1.54, 1.807) is 6.92 Å². The minimum Gasteiger partial charge on any atom is -0.355 e. The van der Waals surface area contributed by atoms with Gasteiger partial charge in [0, 0.05) is 38.0 Å². The molecule has 0 aliphatic carbocycles. The normalized spacial score (nSPS) is 21.5. The smallest absolute Gasteiger partial charge is 0.288 e. The van der Waals surface area contributed by atoms with Crippen molar-refractivity contribution in [1.29, 1.82) is 0 Å². The number of rotatable bonds is 3. The second kappa shape index (κ2) is 6.54. The molecule has 2 atom stereocenters. The SMILES string of the molecule is CCc1nc(N2CC3CN(c4cnc5ccccc5n4)CC3C2)[nH]c(=O)c1F. The topological polar surface area (TPSA) is 78.0 Å². The molecular weight excluding hydrogens is 359 g/mol. The predicted molar refractivity (Wildman–Crippen MR) is 105 cm³/mol. The number of anilines is 2. The van der Waals surface area contributed by atoms with Crippen molar-refractivity contribution >= 4 is 22.8 Å². The lowest BCUT2D eigenvalue weighted by Crippen LogP contribution is -2.32. The summed E-state index contributed by atoms with van der Waals surface area (Å²) < 4.78 is 13.8. The average molecular weight is 380 g/mol. The Morgan fingerprint density at radius 3 is 2.46 bits per heavy atom. The molecule has 0 bridgehead atoms. The molecule has 0 spiro atoms. The summed E-state index contributed by atoms with van der Waals surface area (Å²) in [5.74, 6) is 1.52.